The molecule has 0 aliphatic carbocycles. The minimum atomic E-state index is -0.186. The van der Waals surface area contributed by atoms with E-state index in [2.05, 4.69) is 29.4 Å². The summed E-state index contributed by atoms with van der Waals surface area (Å²) in [6.07, 6.45) is 1.02. The predicted molar refractivity (Wildman–Crippen MR) is 108 cm³/mol. The Morgan fingerprint density at radius 2 is 2.00 bits per heavy atom. The van der Waals surface area contributed by atoms with Crippen molar-refractivity contribution in [2.24, 2.45) is 4.99 Å². The molecule has 0 bridgehead atoms. The van der Waals surface area contributed by atoms with Crippen molar-refractivity contribution in [2.45, 2.75) is 31.2 Å². The molecule has 1 aliphatic rings. The molecule has 1 aromatic rings. The van der Waals surface area contributed by atoms with E-state index in [1.165, 1.54) is 12.1 Å². The van der Waals surface area contributed by atoms with E-state index in [0.29, 0.717) is 6.04 Å². The zero-order valence-electron chi connectivity index (χ0n) is 15.8. The molecule has 1 heterocycles. The number of rotatable bonds is 9. The van der Waals surface area contributed by atoms with E-state index in [1.54, 1.807) is 11.8 Å². The average Bonchev–Trinajstić information content (AvgIpc) is 2.67. The summed E-state index contributed by atoms with van der Waals surface area (Å²) in [6, 6.07) is 7.08. The van der Waals surface area contributed by atoms with Crippen molar-refractivity contribution in [1.29, 1.82) is 0 Å². The fraction of sp³-hybridized carbons (Fsp3) is 0.632. The second kappa shape index (κ2) is 12.1. The Morgan fingerprint density at radius 1 is 1.27 bits per heavy atom. The van der Waals surface area contributed by atoms with Gasteiger partial charge in [0.15, 0.2) is 5.96 Å². The van der Waals surface area contributed by atoms with Crippen molar-refractivity contribution < 1.29 is 9.13 Å². The number of nitrogens with one attached hydrogen (secondary N) is 2. The molecule has 1 aromatic carbocycles. The quantitative estimate of drug-likeness (QED) is 0.298. The van der Waals surface area contributed by atoms with Crippen LogP contribution in [0.15, 0.2) is 34.2 Å². The Labute approximate surface area is 160 Å². The van der Waals surface area contributed by atoms with E-state index in [1.807, 2.05) is 12.1 Å². The highest BCUT2D eigenvalue weighted by Crippen LogP contribution is 2.18. The van der Waals surface area contributed by atoms with Gasteiger partial charge in [0.1, 0.15) is 5.82 Å². The Bertz CT molecular complexity index is 535. The first-order chi connectivity index (χ1) is 12.7. The lowest BCUT2D eigenvalue weighted by Crippen LogP contribution is -2.44. The van der Waals surface area contributed by atoms with Crippen molar-refractivity contribution >= 4 is 17.7 Å². The maximum atomic E-state index is 12.9. The molecule has 1 unspecified atom stereocenters. The highest BCUT2D eigenvalue weighted by atomic mass is 32.2. The van der Waals surface area contributed by atoms with Gasteiger partial charge in [-0.3, -0.25) is 9.89 Å². The van der Waals surface area contributed by atoms with E-state index in [9.17, 15) is 4.39 Å². The second-order valence-electron chi connectivity index (χ2n) is 6.30. The number of nitrogens with zero attached hydrogens (tertiary/aromatic N) is 2. The molecule has 0 radical (unpaired) electrons. The van der Waals surface area contributed by atoms with Gasteiger partial charge in [-0.2, -0.15) is 0 Å². The van der Waals surface area contributed by atoms with Crippen LogP contribution in [0.2, 0.25) is 0 Å². The van der Waals surface area contributed by atoms with Gasteiger partial charge in [0.2, 0.25) is 0 Å². The molecule has 146 valence electrons. The fourth-order valence-corrected chi connectivity index (χ4v) is 3.55. The van der Waals surface area contributed by atoms with Gasteiger partial charge in [-0.25, -0.2) is 4.39 Å². The summed E-state index contributed by atoms with van der Waals surface area (Å²) in [6.45, 7) is 10.4. The zero-order chi connectivity index (χ0) is 18.6. The third-order valence-corrected chi connectivity index (χ3v) is 5.32. The minimum Gasteiger partial charge on any atom is -0.379 e. The van der Waals surface area contributed by atoms with E-state index >= 15 is 0 Å². The SMILES string of the molecule is CCNC(=NCC(C)N1CCOCC1)NCCCSc1ccc(F)cc1. The molecule has 26 heavy (non-hydrogen) atoms. The molecule has 1 fully saturated rings. The van der Waals surface area contributed by atoms with Gasteiger partial charge in [0.05, 0.1) is 19.8 Å². The van der Waals surface area contributed by atoms with Crippen molar-refractivity contribution in [1.82, 2.24) is 15.5 Å². The third kappa shape index (κ3) is 7.93. The van der Waals surface area contributed by atoms with Gasteiger partial charge in [-0.1, -0.05) is 0 Å². The van der Waals surface area contributed by atoms with E-state index in [-0.39, 0.29) is 5.82 Å². The van der Waals surface area contributed by atoms with Crippen LogP contribution < -0.4 is 10.6 Å². The monoisotopic (exact) mass is 382 g/mol. The van der Waals surface area contributed by atoms with Crippen LogP contribution in [0.3, 0.4) is 0 Å². The van der Waals surface area contributed by atoms with Crippen LogP contribution in [0.1, 0.15) is 20.3 Å². The summed E-state index contributed by atoms with van der Waals surface area (Å²) < 4.78 is 18.3. The first-order valence-electron chi connectivity index (χ1n) is 9.41. The first kappa shape index (κ1) is 21.0. The molecule has 7 heteroatoms. The minimum absolute atomic E-state index is 0.186. The van der Waals surface area contributed by atoms with Crippen molar-refractivity contribution in [3.8, 4) is 0 Å². The lowest BCUT2D eigenvalue weighted by atomic mass is 10.2. The van der Waals surface area contributed by atoms with Crippen molar-refractivity contribution in [2.75, 3.05) is 51.7 Å². The highest BCUT2D eigenvalue weighted by molar-refractivity contribution is 7.99. The summed E-state index contributed by atoms with van der Waals surface area (Å²) in [5.41, 5.74) is 0. The largest absolute Gasteiger partial charge is 0.379 e. The molecule has 0 amide bonds. The lowest BCUT2D eigenvalue weighted by Gasteiger charge is -2.31. The van der Waals surface area contributed by atoms with Gasteiger partial charge in [-0.05, 0) is 50.3 Å². The Balaban J connectivity index is 1.66. The Kier molecular flexibility index (Phi) is 9.81. The average molecular weight is 383 g/mol. The van der Waals surface area contributed by atoms with Gasteiger partial charge in [0, 0.05) is 37.1 Å². The molecule has 0 spiro atoms. The van der Waals surface area contributed by atoms with Crippen molar-refractivity contribution in [3.05, 3.63) is 30.1 Å². The highest BCUT2D eigenvalue weighted by Gasteiger charge is 2.16. The molecule has 2 rings (SSSR count). The van der Waals surface area contributed by atoms with Crippen LogP contribution >= 0.6 is 11.8 Å². The summed E-state index contributed by atoms with van der Waals surface area (Å²) in [7, 11) is 0. The maximum Gasteiger partial charge on any atom is 0.191 e. The van der Waals surface area contributed by atoms with Crippen LogP contribution in [0.25, 0.3) is 0 Å². The van der Waals surface area contributed by atoms with Crippen LogP contribution in [-0.2, 0) is 4.74 Å². The molecule has 1 aliphatic heterocycles. The number of morpholine rings is 1. The van der Waals surface area contributed by atoms with Crippen LogP contribution in [0.5, 0.6) is 0 Å². The molecular formula is C19H31FN4OS. The number of halogens is 1. The van der Waals surface area contributed by atoms with Crippen molar-refractivity contribution in [3.63, 3.8) is 0 Å². The number of thioether (sulfide) groups is 1. The topological polar surface area (TPSA) is 48.9 Å². The van der Waals surface area contributed by atoms with E-state index in [0.717, 1.165) is 69.0 Å². The number of guanidine groups is 1. The summed E-state index contributed by atoms with van der Waals surface area (Å²) >= 11 is 1.75. The summed E-state index contributed by atoms with van der Waals surface area (Å²) in [4.78, 5) is 8.25. The summed E-state index contributed by atoms with van der Waals surface area (Å²) in [5.74, 6) is 1.68. The Morgan fingerprint density at radius 3 is 2.69 bits per heavy atom. The second-order valence-corrected chi connectivity index (χ2v) is 7.47. The van der Waals surface area contributed by atoms with Crippen LogP contribution in [-0.4, -0.2) is 68.6 Å². The zero-order valence-corrected chi connectivity index (χ0v) is 16.7. The molecule has 1 saturated heterocycles. The van der Waals surface area contributed by atoms with Crippen LogP contribution in [0.4, 0.5) is 4.39 Å². The molecule has 5 nitrogen and oxygen atoms in total. The standard InChI is InChI=1S/C19H31FN4OS/c1-3-21-19(23-15-16(2)24-10-12-25-13-11-24)22-9-4-14-26-18-7-5-17(20)6-8-18/h5-8,16H,3-4,9-15H2,1-2H3,(H2,21,22,23). The number of aliphatic imine (C=N–C) groups is 1. The fourth-order valence-electron chi connectivity index (χ4n) is 2.70. The lowest BCUT2D eigenvalue weighted by molar-refractivity contribution is 0.0220. The number of benzene rings is 1. The predicted octanol–water partition coefficient (Wildman–Crippen LogP) is 2.58. The number of hydrogen-bond acceptors (Lipinski definition) is 4. The van der Waals surface area contributed by atoms with E-state index in [4.69, 9.17) is 9.73 Å². The van der Waals surface area contributed by atoms with Gasteiger partial charge in [-0.15, -0.1) is 11.8 Å². The maximum absolute atomic E-state index is 12.9. The normalized spacial score (nSPS) is 17.1. The van der Waals surface area contributed by atoms with Crippen LogP contribution in [0, 0.1) is 5.82 Å². The summed E-state index contributed by atoms with van der Waals surface area (Å²) in [5, 5.41) is 6.70. The van der Waals surface area contributed by atoms with Gasteiger partial charge in [0.25, 0.3) is 0 Å². The van der Waals surface area contributed by atoms with E-state index < -0.39 is 0 Å². The van der Waals surface area contributed by atoms with Gasteiger partial charge < -0.3 is 15.4 Å². The number of hydrogen-bond donors (Lipinski definition) is 2. The molecule has 2 N–H and O–H groups in total. The molecule has 0 aromatic heterocycles. The molecule has 1 atom stereocenters. The first-order valence-corrected chi connectivity index (χ1v) is 10.4. The molecular weight excluding hydrogens is 351 g/mol. The Hall–Kier alpha value is -1.31. The number of ether oxygens (including phenoxy) is 1. The van der Waals surface area contributed by atoms with Gasteiger partial charge >= 0.3 is 0 Å². The third-order valence-electron chi connectivity index (χ3n) is 4.22. The smallest absolute Gasteiger partial charge is 0.191 e. The molecule has 0 saturated carbocycles.